The number of halogens is 2. The molecule has 0 radical (unpaired) electrons. The fourth-order valence-electron chi connectivity index (χ4n) is 2.47. The molecule has 25 heavy (non-hydrogen) atoms. The van der Waals surface area contributed by atoms with Gasteiger partial charge in [-0.15, -0.1) is 0 Å². The summed E-state index contributed by atoms with van der Waals surface area (Å²) in [6.07, 6.45) is 0. The van der Waals surface area contributed by atoms with Gasteiger partial charge >= 0.3 is 5.97 Å². The molecule has 4 nitrogen and oxygen atoms in total. The summed E-state index contributed by atoms with van der Waals surface area (Å²) in [4.78, 5) is 23.9. The molecule has 2 rings (SSSR count). The zero-order chi connectivity index (χ0) is 18.6. The van der Waals surface area contributed by atoms with Gasteiger partial charge in [-0.2, -0.15) is 0 Å². The molecule has 0 saturated carbocycles. The lowest BCUT2D eigenvalue weighted by Crippen LogP contribution is -2.31. The third-order valence-corrected chi connectivity index (χ3v) is 3.74. The number of aryl methyl sites for hydroxylation is 2. The van der Waals surface area contributed by atoms with Crippen LogP contribution in [0.3, 0.4) is 0 Å². The number of amides is 1. The number of rotatable bonds is 5. The highest BCUT2D eigenvalue weighted by atomic mass is 19.1. The van der Waals surface area contributed by atoms with Crippen molar-refractivity contribution >= 4 is 11.9 Å². The second-order valence-electron chi connectivity index (χ2n) is 5.85. The molecule has 0 aliphatic carbocycles. The van der Waals surface area contributed by atoms with Crippen molar-refractivity contribution in [2.45, 2.75) is 26.8 Å². The molecule has 6 heteroatoms. The minimum atomic E-state index is -0.750. The predicted octanol–water partition coefficient (Wildman–Crippen LogP) is 3.62. The molecule has 0 heterocycles. The van der Waals surface area contributed by atoms with Crippen molar-refractivity contribution < 1.29 is 23.1 Å². The van der Waals surface area contributed by atoms with E-state index in [0.29, 0.717) is 5.56 Å². The maximum absolute atomic E-state index is 13.7. The number of ether oxygens (including phenoxy) is 1. The molecule has 0 aliphatic rings. The molecule has 2 aromatic rings. The van der Waals surface area contributed by atoms with Gasteiger partial charge in [0.2, 0.25) is 0 Å². The zero-order valence-corrected chi connectivity index (χ0v) is 14.2. The van der Waals surface area contributed by atoms with E-state index in [4.69, 9.17) is 4.74 Å². The van der Waals surface area contributed by atoms with Crippen LogP contribution in [-0.4, -0.2) is 18.5 Å². The van der Waals surface area contributed by atoms with Gasteiger partial charge in [-0.05, 0) is 38.5 Å². The van der Waals surface area contributed by atoms with Gasteiger partial charge in [0.15, 0.2) is 6.61 Å². The Balaban J connectivity index is 1.92. The summed E-state index contributed by atoms with van der Waals surface area (Å²) < 4.78 is 31.6. The summed E-state index contributed by atoms with van der Waals surface area (Å²) in [5, 5.41) is 2.51. The lowest BCUT2D eigenvalue weighted by Gasteiger charge is -2.15. The van der Waals surface area contributed by atoms with Crippen LogP contribution >= 0.6 is 0 Å². The van der Waals surface area contributed by atoms with Crippen LogP contribution in [0.2, 0.25) is 0 Å². The van der Waals surface area contributed by atoms with Crippen LogP contribution in [0.15, 0.2) is 36.4 Å². The molecule has 0 unspecified atom stereocenters. The summed E-state index contributed by atoms with van der Waals surface area (Å²) >= 11 is 0. The van der Waals surface area contributed by atoms with Crippen molar-refractivity contribution in [1.29, 1.82) is 0 Å². The van der Waals surface area contributed by atoms with E-state index in [1.165, 1.54) is 6.07 Å². The quantitative estimate of drug-likeness (QED) is 0.841. The summed E-state index contributed by atoms with van der Waals surface area (Å²) in [5.41, 5.74) is 2.31. The molecular formula is C19H19F2NO3. The average Bonchev–Trinajstić information content (AvgIpc) is 2.52. The van der Waals surface area contributed by atoms with Crippen LogP contribution in [-0.2, 0) is 9.53 Å². The summed E-state index contributed by atoms with van der Waals surface area (Å²) in [5.74, 6) is -2.62. The maximum atomic E-state index is 13.7. The Labute approximate surface area is 144 Å². The number of nitrogens with one attached hydrogen (secondary N) is 1. The van der Waals surface area contributed by atoms with Crippen molar-refractivity contribution in [3.8, 4) is 0 Å². The lowest BCUT2D eigenvalue weighted by molar-refractivity contribution is -0.124. The predicted molar refractivity (Wildman–Crippen MR) is 89.1 cm³/mol. The van der Waals surface area contributed by atoms with Gasteiger partial charge in [0.05, 0.1) is 11.6 Å². The number of esters is 1. The monoisotopic (exact) mass is 347 g/mol. The Kier molecular flexibility index (Phi) is 5.85. The first-order valence-corrected chi connectivity index (χ1v) is 7.76. The summed E-state index contributed by atoms with van der Waals surface area (Å²) in [6, 6.07) is 7.70. The summed E-state index contributed by atoms with van der Waals surface area (Å²) in [7, 11) is 0. The Bertz CT molecular complexity index is 805. The third kappa shape index (κ3) is 4.86. The van der Waals surface area contributed by atoms with Gasteiger partial charge in [0.25, 0.3) is 5.91 Å². The van der Waals surface area contributed by atoms with E-state index in [2.05, 4.69) is 5.32 Å². The Morgan fingerprint density at radius 1 is 1.12 bits per heavy atom. The van der Waals surface area contributed by atoms with Gasteiger partial charge in [-0.3, -0.25) is 4.79 Å². The fourth-order valence-corrected chi connectivity index (χ4v) is 2.47. The molecule has 1 amide bonds. The van der Waals surface area contributed by atoms with Crippen LogP contribution in [0.5, 0.6) is 0 Å². The molecule has 1 N–H and O–H groups in total. The maximum Gasteiger partial charge on any atom is 0.338 e. The van der Waals surface area contributed by atoms with Crippen LogP contribution in [0.1, 0.15) is 40.0 Å². The largest absolute Gasteiger partial charge is 0.452 e. The van der Waals surface area contributed by atoms with Crippen LogP contribution in [0.25, 0.3) is 0 Å². The molecule has 0 aliphatic heterocycles. The molecule has 0 saturated heterocycles. The molecular weight excluding hydrogens is 328 g/mol. The molecule has 132 valence electrons. The Morgan fingerprint density at radius 3 is 2.48 bits per heavy atom. The van der Waals surface area contributed by atoms with E-state index < -0.39 is 36.2 Å². The molecule has 2 aromatic carbocycles. The van der Waals surface area contributed by atoms with Crippen LogP contribution in [0.4, 0.5) is 8.78 Å². The normalized spacial score (nSPS) is 11.7. The zero-order valence-electron chi connectivity index (χ0n) is 14.2. The first-order valence-electron chi connectivity index (χ1n) is 7.76. The van der Waals surface area contributed by atoms with Crippen molar-refractivity contribution in [2.24, 2.45) is 0 Å². The lowest BCUT2D eigenvalue weighted by atomic mass is 10.1. The van der Waals surface area contributed by atoms with Gasteiger partial charge in [0.1, 0.15) is 11.6 Å². The Hall–Kier alpha value is -2.76. The SMILES string of the molecule is Cc1ccc(C(=O)OCC(=O)N[C@H](C)c2ccc(F)cc2F)c(C)c1. The van der Waals surface area contributed by atoms with E-state index in [1.54, 1.807) is 26.0 Å². The van der Waals surface area contributed by atoms with Gasteiger partial charge in [0, 0.05) is 11.6 Å². The highest BCUT2D eigenvalue weighted by molar-refractivity contribution is 5.92. The number of hydrogen-bond acceptors (Lipinski definition) is 3. The van der Waals surface area contributed by atoms with Crippen LogP contribution in [0, 0.1) is 25.5 Å². The first-order chi connectivity index (χ1) is 11.8. The number of benzene rings is 2. The van der Waals surface area contributed by atoms with E-state index in [0.717, 1.165) is 23.3 Å². The van der Waals surface area contributed by atoms with E-state index in [1.807, 2.05) is 13.0 Å². The average molecular weight is 347 g/mol. The minimum Gasteiger partial charge on any atom is -0.452 e. The molecule has 0 bridgehead atoms. The second kappa shape index (κ2) is 7.88. The Morgan fingerprint density at radius 2 is 1.84 bits per heavy atom. The van der Waals surface area contributed by atoms with Crippen molar-refractivity contribution in [1.82, 2.24) is 5.32 Å². The fraction of sp³-hybridized carbons (Fsp3) is 0.263. The van der Waals surface area contributed by atoms with Crippen molar-refractivity contribution in [3.63, 3.8) is 0 Å². The van der Waals surface area contributed by atoms with E-state index in [-0.39, 0.29) is 5.56 Å². The van der Waals surface area contributed by atoms with Gasteiger partial charge in [-0.1, -0.05) is 23.8 Å². The molecule has 0 spiro atoms. The molecule has 0 fully saturated rings. The van der Waals surface area contributed by atoms with E-state index in [9.17, 15) is 18.4 Å². The van der Waals surface area contributed by atoms with Crippen molar-refractivity contribution in [3.05, 3.63) is 70.3 Å². The first kappa shape index (κ1) is 18.6. The number of carbonyl (C=O) groups is 2. The minimum absolute atomic E-state index is 0.149. The molecule has 0 aromatic heterocycles. The summed E-state index contributed by atoms with van der Waals surface area (Å²) in [6.45, 7) is 4.76. The second-order valence-corrected chi connectivity index (χ2v) is 5.85. The van der Waals surface area contributed by atoms with Crippen LogP contribution < -0.4 is 5.32 Å². The smallest absolute Gasteiger partial charge is 0.338 e. The van der Waals surface area contributed by atoms with Crippen molar-refractivity contribution in [2.75, 3.05) is 6.61 Å². The van der Waals surface area contributed by atoms with Gasteiger partial charge in [-0.25, -0.2) is 13.6 Å². The topological polar surface area (TPSA) is 55.4 Å². The highest BCUT2D eigenvalue weighted by Crippen LogP contribution is 2.17. The number of carbonyl (C=O) groups excluding carboxylic acids is 2. The van der Waals surface area contributed by atoms with Gasteiger partial charge < -0.3 is 10.1 Å². The number of hydrogen-bond donors (Lipinski definition) is 1. The third-order valence-electron chi connectivity index (χ3n) is 3.74. The highest BCUT2D eigenvalue weighted by Gasteiger charge is 2.16. The molecule has 1 atom stereocenters. The standard InChI is InChI=1S/C19H19F2NO3/c1-11-4-6-15(12(2)8-11)19(24)25-10-18(23)22-13(3)16-7-5-14(20)9-17(16)21/h4-9,13H,10H2,1-3H3,(H,22,23)/t13-/m1/s1. The van der Waals surface area contributed by atoms with E-state index >= 15 is 0 Å².